The number of sulfone groups is 1. The van der Waals surface area contributed by atoms with E-state index in [9.17, 15) is 18.6 Å². The van der Waals surface area contributed by atoms with Crippen LogP contribution in [0.4, 0.5) is 23.3 Å². The molecule has 0 aliphatic carbocycles. The summed E-state index contributed by atoms with van der Waals surface area (Å²) in [6.45, 7) is 9.56. The lowest BCUT2D eigenvalue weighted by Crippen LogP contribution is -2.57. The molecule has 210 valence electrons. The Balaban J connectivity index is 1.40. The highest BCUT2D eigenvalue weighted by atomic mass is 32.2. The van der Waals surface area contributed by atoms with Gasteiger partial charge in [0.25, 0.3) is 0 Å². The van der Waals surface area contributed by atoms with Crippen molar-refractivity contribution in [2.24, 2.45) is 5.92 Å². The number of nitrogens with zero attached hydrogens (tertiary/aromatic N) is 5. The molecule has 4 heterocycles. The number of anilines is 4. The third-order valence-electron chi connectivity index (χ3n) is 8.15. The maximum absolute atomic E-state index is 11.8. The number of hydrogen-bond donors (Lipinski definition) is 3. The molecular weight excluding hydrogens is 516 g/mol. The number of rotatable bonds is 7. The second kappa shape index (κ2) is 10.2. The van der Waals surface area contributed by atoms with Crippen LogP contribution in [-0.2, 0) is 9.84 Å². The van der Waals surface area contributed by atoms with Gasteiger partial charge in [0.2, 0.25) is 5.95 Å². The van der Waals surface area contributed by atoms with Crippen LogP contribution in [0.15, 0.2) is 36.7 Å². The van der Waals surface area contributed by atoms with E-state index in [2.05, 4.69) is 53.1 Å². The van der Waals surface area contributed by atoms with E-state index in [0.717, 1.165) is 16.5 Å². The summed E-state index contributed by atoms with van der Waals surface area (Å²) >= 11 is 0. The van der Waals surface area contributed by atoms with Crippen molar-refractivity contribution in [2.75, 3.05) is 46.8 Å². The van der Waals surface area contributed by atoms with Gasteiger partial charge in [0, 0.05) is 61.3 Å². The molecule has 3 N–H and O–H groups in total. The lowest BCUT2D eigenvalue weighted by atomic mass is 9.88. The summed E-state index contributed by atoms with van der Waals surface area (Å²) in [7, 11) is -3.02. The zero-order valence-corrected chi connectivity index (χ0v) is 24.0. The number of aromatic nitrogens is 3. The molecule has 1 aromatic carbocycles. The predicted molar refractivity (Wildman–Crippen MR) is 155 cm³/mol. The Bertz CT molecular complexity index is 1480. The minimum Gasteiger partial charge on any atom is -0.388 e. The SMILES string of the molecule is CC(C)c1ccc(N2C[C@H](CS(C)(=O)=O)[C@H]2C)c2cnc(Nc3ccnc(N4CC[C@@](C)(O)C(O)C4)n3)cc12. The molecule has 5 rings (SSSR count). The first kappa shape index (κ1) is 27.5. The maximum atomic E-state index is 11.8. The molecule has 10 nitrogen and oxygen atoms in total. The molecular formula is C28H38N6O4S. The lowest BCUT2D eigenvalue weighted by Gasteiger charge is -2.48. The molecule has 1 unspecified atom stereocenters. The van der Waals surface area contributed by atoms with Crippen LogP contribution in [0.5, 0.6) is 0 Å². The molecule has 2 fully saturated rings. The van der Waals surface area contributed by atoms with Crippen LogP contribution in [0.1, 0.15) is 45.6 Å². The Labute approximate surface area is 230 Å². The van der Waals surface area contributed by atoms with E-state index in [0.29, 0.717) is 43.0 Å². The number of aliphatic hydroxyl groups is 2. The molecule has 0 spiro atoms. The van der Waals surface area contributed by atoms with Crippen LogP contribution in [0, 0.1) is 5.92 Å². The van der Waals surface area contributed by atoms with Crippen molar-refractivity contribution in [2.45, 2.75) is 57.8 Å². The summed E-state index contributed by atoms with van der Waals surface area (Å²) < 4.78 is 23.7. The largest absolute Gasteiger partial charge is 0.388 e. The fourth-order valence-corrected chi connectivity index (χ4v) is 6.72. The molecule has 11 heteroatoms. The van der Waals surface area contributed by atoms with Gasteiger partial charge in [-0.2, -0.15) is 4.98 Å². The summed E-state index contributed by atoms with van der Waals surface area (Å²) in [4.78, 5) is 17.8. The Kier molecular flexibility index (Phi) is 7.19. The third-order valence-corrected chi connectivity index (χ3v) is 9.18. The van der Waals surface area contributed by atoms with Gasteiger partial charge in [-0.3, -0.25) is 0 Å². The first-order valence-electron chi connectivity index (χ1n) is 13.4. The van der Waals surface area contributed by atoms with Gasteiger partial charge in [-0.05, 0) is 55.3 Å². The Hall–Kier alpha value is -3.02. The van der Waals surface area contributed by atoms with Crippen LogP contribution in [0.25, 0.3) is 10.8 Å². The Morgan fingerprint density at radius 2 is 1.92 bits per heavy atom. The molecule has 4 atom stereocenters. The van der Waals surface area contributed by atoms with Crippen molar-refractivity contribution in [3.05, 3.63) is 42.2 Å². The van der Waals surface area contributed by atoms with Crippen LogP contribution in [0.3, 0.4) is 0 Å². The van der Waals surface area contributed by atoms with Gasteiger partial charge in [0.15, 0.2) is 0 Å². The molecule has 0 amide bonds. The average Bonchev–Trinajstić information content (AvgIpc) is 2.86. The van der Waals surface area contributed by atoms with Crippen molar-refractivity contribution in [1.82, 2.24) is 15.0 Å². The molecule has 39 heavy (non-hydrogen) atoms. The summed E-state index contributed by atoms with van der Waals surface area (Å²) in [6.07, 6.45) is 4.38. The lowest BCUT2D eigenvalue weighted by molar-refractivity contribution is -0.0724. The number of β-amino-alcohol motifs (C(OH)–C–C–N with tert-alkyl or cyclic N) is 1. The van der Waals surface area contributed by atoms with E-state index >= 15 is 0 Å². The quantitative estimate of drug-likeness (QED) is 0.400. The summed E-state index contributed by atoms with van der Waals surface area (Å²) in [5, 5.41) is 26.0. The number of fused-ring (bicyclic) bond motifs is 1. The summed E-state index contributed by atoms with van der Waals surface area (Å²) in [6, 6.07) is 8.22. The van der Waals surface area contributed by atoms with E-state index in [1.165, 1.54) is 11.8 Å². The first-order valence-corrected chi connectivity index (χ1v) is 15.5. The minimum absolute atomic E-state index is 0.118. The van der Waals surface area contributed by atoms with E-state index in [-0.39, 0.29) is 24.3 Å². The second-order valence-electron chi connectivity index (χ2n) is 11.6. The molecule has 2 saturated heterocycles. The summed E-state index contributed by atoms with van der Waals surface area (Å²) in [5.41, 5.74) is 1.16. The minimum atomic E-state index is -3.02. The van der Waals surface area contributed by atoms with Crippen molar-refractivity contribution < 1.29 is 18.6 Å². The number of aliphatic hydroxyl groups excluding tert-OH is 1. The smallest absolute Gasteiger partial charge is 0.227 e. The second-order valence-corrected chi connectivity index (χ2v) is 13.8. The van der Waals surface area contributed by atoms with Crippen LogP contribution >= 0.6 is 0 Å². The number of piperidine rings is 1. The zero-order chi connectivity index (χ0) is 28.1. The van der Waals surface area contributed by atoms with Gasteiger partial charge in [0.05, 0.1) is 17.5 Å². The molecule has 0 radical (unpaired) electrons. The number of benzene rings is 1. The Morgan fingerprint density at radius 3 is 2.59 bits per heavy atom. The number of hydrogen-bond acceptors (Lipinski definition) is 10. The van der Waals surface area contributed by atoms with Gasteiger partial charge in [0.1, 0.15) is 21.5 Å². The first-order chi connectivity index (χ1) is 18.3. The standard InChI is InChI=1S/C28H38N6O4S/c1-17(2)20-6-7-23(34-14-19(18(34)3)16-39(5,37)38)22-13-30-26(12-21(20)22)31-25-8-10-29-27(32-25)33-11-9-28(4,36)24(35)15-33/h6-8,10,12-13,17-19,24,35-36H,9,11,14-16H2,1-5H3,(H,29,30,31,32)/t18-,19-,24?,28-/m1/s1. The van der Waals surface area contributed by atoms with Crippen LogP contribution < -0.4 is 15.1 Å². The fraction of sp³-hybridized carbons (Fsp3) is 0.536. The van der Waals surface area contributed by atoms with Gasteiger partial charge < -0.3 is 25.3 Å². The maximum Gasteiger partial charge on any atom is 0.227 e. The van der Waals surface area contributed by atoms with E-state index in [4.69, 9.17) is 4.98 Å². The van der Waals surface area contributed by atoms with Gasteiger partial charge in [-0.1, -0.05) is 19.9 Å². The molecule has 0 saturated carbocycles. The number of pyridine rings is 1. The highest BCUT2D eigenvalue weighted by Crippen LogP contribution is 2.39. The predicted octanol–water partition coefficient (Wildman–Crippen LogP) is 3.08. The van der Waals surface area contributed by atoms with E-state index in [1.54, 1.807) is 19.2 Å². The van der Waals surface area contributed by atoms with Gasteiger partial charge >= 0.3 is 0 Å². The van der Waals surface area contributed by atoms with Crippen molar-refractivity contribution in [3.63, 3.8) is 0 Å². The van der Waals surface area contributed by atoms with Crippen LogP contribution in [-0.4, -0.2) is 83.0 Å². The van der Waals surface area contributed by atoms with E-state index < -0.39 is 21.5 Å². The molecule has 2 aromatic heterocycles. The van der Waals surface area contributed by atoms with Gasteiger partial charge in [-0.25, -0.2) is 18.4 Å². The number of nitrogens with one attached hydrogen (secondary N) is 1. The zero-order valence-electron chi connectivity index (χ0n) is 23.2. The third kappa shape index (κ3) is 5.66. The molecule has 2 aliphatic rings. The normalized spacial score (nSPS) is 25.7. The topological polar surface area (TPSA) is 132 Å². The highest BCUT2D eigenvalue weighted by molar-refractivity contribution is 7.90. The van der Waals surface area contributed by atoms with Crippen molar-refractivity contribution >= 4 is 43.9 Å². The van der Waals surface area contributed by atoms with Crippen molar-refractivity contribution in [1.29, 1.82) is 0 Å². The monoisotopic (exact) mass is 554 g/mol. The van der Waals surface area contributed by atoms with E-state index in [1.807, 2.05) is 17.2 Å². The van der Waals surface area contributed by atoms with Crippen molar-refractivity contribution in [3.8, 4) is 0 Å². The molecule has 0 bridgehead atoms. The van der Waals surface area contributed by atoms with Crippen LogP contribution in [0.2, 0.25) is 0 Å². The fourth-order valence-electron chi connectivity index (χ4n) is 5.56. The summed E-state index contributed by atoms with van der Waals surface area (Å²) in [5.74, 6) is 2.34. The average molecular weight is 555 g/mol. The van der Waals surface area contributed by atoms with Gasteiger partial charge in [-0.15, -0.1) is 0 Å². The molecule has 3 aromatic rings. The highest BCUT2D eigenvalue weighted by Gasteiger charge is 2.39. The Morgan fingerprint density at radius 1 is 1.15 bits per heavy atom. The molecule has 2 aliphatic heterocycles.